The summed E-state index contributed by atoms with van der Waals surface area (Å²) in [6.07, 6.45) is 3.26. The van der Waals surface area contributed by atoms with Gasteiger partial charge in [-0.1, -0.05) is 24.3 Å². The molecular weight excluding hydrogens is 462 g/mol. The van der Waals surface area contributed by atoms with Crippen LogP contribution in [0.1, 0.15) is 0 Å². The van der Waals surface area contributed by atoms with Crippen molar-refractivity contribution < 1.29 is 59.1 Å². The van der Waals surface area contributed by atoms with Crippen LogP contribution in [0.25, 0.3) is 0 Å². The molecule has 0 fully saturated rings. The van der Waals surface area contributed by atoms with E-state index in [1.54, 1.807) is 0 Å². The summed E-state index contributed by atoms with van der Waals surface area (Å²) in [6.45, 7) is 0. The fraction of sp³-hybridized carbons (Fsp3) is 0. The molecule has 0 aliphatic carbocycles. The first-order valence-electron chi connectivity index (χ1n) is 8.14. The second-order valence-corrected chi connectivity index (χ2v) is 5.37. The number of benzene rings is 2. The van der Waals surface area contributed by atoms with Crippen LogP contribution in [0.5, 0.6) is 11.5 Å². The quantitative estimate of drug-likeness (QED) is 0.346. The van der Waals surface area contributed by atoms with Gasteiger partial charge < -0.3 is 31.1 Å². The van der Waals surface area contributed by atoms with Crippen molar-refractivity contribution in [1.82, 2.24) is 0 Å². The van der Waals surface area contributed by atoms with Gasteiger partial charge in [-0.05, 0) is 24.3 Å². The monoisotopic (exact) mass is 476 g/mol. The number of carboxylic acids is 2. The maximum Gasteiger partial charge on any atom is 2.00 e. The third kappa shape index (κ3) is 13.0. The van der Waals surface area contributed by atoms with Crippen LogP contribution in [0, 0.1) is 0 Å². The van der Waals surface area contributed by atoms with Crippen molar-refractivity contribution in [2.45, 2.75) is 0 Å². The van der Waals surface area contributed by atoms with E-state index in [1.165, 1.54) is 48.5 Å². The zero-order valence-corrected chi connectivity index (χ0v) is 18.9. The van der Waals surface area contributed by atoms with Gasteiger partial charge in [-0.25, -0.2) is 9.59 Å². The van der Waals surface area contributed by atoms with Crippen LogP contribution in [0.15, 0.2) is 72.8 Å². The Balaban J connectivity index is 0.000000562. The molecule has 0 aromatic heterocycles. The Hall–Kier alpha value is -3.98. The van der Waals surface area contributed by atoms with E-state index in [0.29, 0.717) is 11.4 Å². The number of carboxylic acid groups (broad SMARTS) is 2. The molecule has 0 saturated heterocycles. The van der Waals surface area contributed by atoms with Gasteiger partial charge in [0.1, 0.15) is 0 Å². The molecule has 2 rings (SSSR count). The van der Waals surface area contributed by atoms with Crippen molar-refractivity contribution in [1.29, 1.82) is 0 Å². The molecule has 0 bridgehead atoms. The molecule has 0 heterocycles. The van der Waals surface area contributed by atoms with Crippen LogP contribution in [0.4, 0.5) is 11.4 Å². The van der Waals surface area contributed by atoms with Crippen molar-refractivity contribution in [3.05, 3.63) is 72.8 Å². The zero-order chi connectivity index (χ0) is 22.5. The second-order valence-electron chi connectivity index (χ2n) is 5.37. The van der Waals surface area contributed by atoms with E-state index in [0.717, 1.165) is 24.3 Å². The summed E-state index contributed by atoms with van der Waals surface area (Å²) >= 11 is 0. The SMILES string of the molecule is O=C(O)/C=C\C(=O)Nc1ccc([O-])cc1.O=C(O)/C=C\C(=O)Nc1ccc([O-])cc1.[Zn+2]. The number of carbonyl (C=O) groups is 4. The summed E-state index contributed by atoms with van der Waals surface area (Å²) in [7, 11) is 0. The summed E-state index contributed by atoms with van der Waals surface area (Å²) < 4.78 is 0. The molecule has 0 spiro atoms. The minimum Gasteiger partial charge on any atom is -0.872 e. The first kappa shape index (κ1) is 27.0. The van der Waals surface area contributed by atoms with Crippen LogP contribution < -0.4 is 20.8 Å². The fourth-order valence-corrected chi connectivity index (χ4v) is 1.74. The van der Waals surface area contributed by atoms with Crippen LogP contribution in [0.3, 0.4) is 0 Å². The van der Waals surface area contributed by atoms with Crippen LogP contribution in [-0.4, -0.2) is 34.0 Å². The number of hydrogen-bond donors (Lipinski definition) is 4. The smallest absolute Gasteiger partial charge is 0.872 e. The number of rotatable bonds is 6. The third-order valence-electron chi connectivity index (χ3n) is 3.00. The molecule has 4 N–H and O–H groups in total. The second kappa shape index (κ2) is 14.1. The molecule has 0 unspecified atom stereocenters. The molecule has 0 saturated carbocycles. The summed E-state index contributed by atoms with van der Waals surface area (Å²) in [6, 6.07) is 11.0. The molecule has 0 atom stereocenters. The summed E-state index contributed by atoms with van der Waals surface area (Å²) in [5, 5.41) is 42.7. The van der Waals surface area contributed by atoms with Gasteiger partial charge in [0.15, 0.2) is 0 Å². The molecule has 11 heteroatoms. The molecule has 0 aliphatic heterocycles. The van der Waals surface area contributed by atoms with E-state index in [9.17, 15) is 29.4 Å². The molecular formula is C20H16N2O8Zn. The third-order valence-corrected chi connectivity index (χ3v) is 3.00. The first-order chi connectivity index (χ1) is 14.2. The van der Waals surface area contributed by atoms with E-state index in [1.807, 2.05) is 0 Å². The molecule has 2 amide bonds. The number of amides is 2. The maximum absolute atomic E-state index is 11.1. The fourth-order valence-electron chi connectivity index (χ4n) is 1.74. The number of aliphatic carboxylic acids is 2. The van der Waals surface area contributed by atoms with Gasteiger partial charge >= 0.3 is 31.4 Å². The predicted molar refractivity (Wildman–Crippen MR) is 103 cm³/mol. The van der Waals surface area contributed by atoms with Gasteiger partial charge in [-0.3, -0.25) is 9.59 Å². The molecule has 31 heavy (non-hydrogen) atoms. The van der Waals surface area contributed by atoms with E-state index in [-0.39, 0.29) is 31.0 Å². The minimum atomic E-state index is -1.19. The molecule has 0 radical (unpaired) electrons. The average Bonchev–Trinajstić information content (AvgIpc) is 2.69. The summed E-state index contributed by atoms with van der Waals surface area (Å²) in [4.78, 5) is 42.3. The van der Waals surface area contributed by atoms with Crippen LogP contribution in [0.2, 0.25) is 0 Å². The first-order valence-corrected chi connectivity index (χ1v) is 8.14. The van der Waals surface area contributed by atoms with Crippen molar-refractivity contribution >= 4 is 35.1 Å². The van der Waals surface area contributed by atoms with Gasteiger partial charge in [-0.2, -0.15) is 0 Å². The Morgan fingerprint density at radius 3 is 1.16 bits per heavy atom. The van der Waals surface area contributed by atoms with Crippen molar-refractivity contribution in [2.24, 2.45) is 0 Å². The standard InChI is InChI=1S/2C10H9NO4.Zn/c2*12-8-3-1-7(2-4-8)11-9(13)5-6-10(14)15;/h2*1-6,12H,(H,11,13)(H,14,15);/q;;+2/p-2/b2*6-5-;. The Morgan fingerprint density at radius 1 is 0.613 bits per heavy atom. The number of nitrogens with one attached hydrogen (secondary N) is 2. The molecule has 2 aromatic rings. The zero-order valence-electron chi connectivity index (χ0n) is 16.0. The van der Waals surface area contributed by atoms with Gasteiger partial charge in [0.05, 0.1) is 0 Å². The Labute approximate surface area is 189 Å². The molecule has 0 aliphatic rings. The van der Waals surface area contributed by atoms with Crippen LogP contribution >= 0.6 is 0 Å². The largest absolute Gasteiger partial charge is 2.00 e. The minimum absolute atomic E-state index is 0. The average molecular weight is 478 g/mol. The Kier molecular flexibility index (Phi) is 12.3. The Bertz CT molecular complexity index is 875. The number of carbonyl (C=O) groups excluding carboxylic acids is 2. The van der Waals surface area contributed by atoms with Gasteiger partial charge in [0, 0.05) is 35.7 Å². The van der Waals surface area contributed by atoms with Crippen molar-refractivity contribution in [2.75, 3.05) is 10.6 Å². The number of hydrogen-bond acceptors (Lipinski definition) is 6. The van der Waals surface area contributed by atoms with Gasteiger partial charge in [0.2, 0.25) is 11.8 Å². The maximum atomic E-state index is 11.1. The van der Waals surface area contributed by atoms with E-state index >= 15 is 0 Å². The number of anilines is 2. The van der Waals surface area contributed by atoms with Crippen molar-refractivity contribution in [3.8, 4) is 11.5 Å². The van der Waals surface area contributed by atoms with Crippen LogP contribution in [-0.2, 0) is 38.7 Å². The van der Waals surface area contributed by atoms with Crippen molar-refractivity contribution in [3.63, 3.8) is 0 Å². The molecule has 156 valence electrons. The molecule has 2 aromatic carbocycles. The van der Waals surface area contributed by atoms with E-state index in [2.05, 4.69) is 10.6 Å². The topological polar surface area (TPSA) is 179 Å². The van der Waals surface area contributed by atoms with E-state index in [4.69, 9.17) is 10.2 Å². The normalized spacial score (nSPS) is 9.81. The van der Waals surface area contributed by atoms with Gasteiger partial charge in [-0.15, -0.1) is 11.5 Å². The van der Waals surface area contributed by atoms with Gasteiger partial charge in [0.25, 0.3) is 0 Å². The summed E-state index contributed by atoms with van der Waals surface area (Å²) in [5.74, 6) is -3.82. The van der Waals surface area contributed by atoms with E-state index < -0.39 is 23.8 Å². The predicted octanol–water partition coefficient (Wildman–Crippen LogP) is 0.676. The Morgan fingerprint density at radius 2 is 0.903 bits per heavy atom. The molecule has 10 nitrogen and oxygen atoms in total. The summed E-state index contributed by atoms with van der Waals surface area (Å²) in [5.41, 5.74) is 0.879.